The summed E-state index contributed by atoms with van der Waals surface area (Å²) >= 11 is 0. The van der Waals surface area contributed by atoms with E-state index in [9.17, 15) is 19.2 Å². The lowest BCUT2D eigenvalue weighted by atomic mass is 9.98. The van der Waals surface area contributed by atoms with E-state index in [1.165, 1.54) is 13.8 Å². The number of benzene rings is 3. The Kier molecular flexibility index (Phi) is 13.3. The molecule has 4 rings (SSSR count). The van der Waals surface area contributed by atoms with Crippen molar-refractivity contribution in [2.45, 2.75) is 78.0 Å². The Hall–Kier alpha value is -4.94. The monoisotopic (exact) mass is 664 g/mol. The second-order valence-corrected chi connectivity index (χ2v) is 11.0. The molecule has 3 aromatic carbocycles. The van der Waals surface area contributed by atoms with Gasteiger partial charge in [-0.15, -0.1) is 0 Å². The fourth-order valence-corrected chi connectivity index (χ4v) is 5.05. The molecule has 1 saturated heterocycles. The van der Waals surface area contributed by atoms with Crippen LogP contribution >= 0.6 is 0 Å². The number of hydrogen-bond donors (Lipinski definition) is 0. The highest BCUT2D eigenvalue weighted by molar-refractivity contribution is 5.68. The van der Waals surface area contributed by atoms with Gasteiger partial charge in [0.25, 0.3) is 0 Å². The molecule has 5 atom stereocenters. The molecule has 0 N–H and O–H groups in total. The zero-order chi connectivity index (χ0) is 34.5. The topological polar surface area (TPSA) is 142 Å². The first-order chi connectivity index (χ1) is 23.1. The van der Waals surface area contributed by atoms with Crippen LogP contribution in [0.3, 0.4) is 0 Å². The lowest BCUT2D eigenvalue weighted by molar-refractivity contribution is -0.307. The molecular weight excluding hydrogens is 624 g/mol. The smallest absolute Gasteiger partial charge is 0.303 e. The number of carbonyl (C=O) groups is 4. The van der Waals surface area contributed by atoms with E-state index in [-0.39, 0.29) is 13.2 Å². The summed E-state index contributed by atoms with van der Waals surface area (Å²) in [6.07, 6.45) is -5.96. The van der Waals surface area contributed by atoms with Crippen LogP contribution in [0.15, 0.2) is 78.9 Å². The van der Waals surface area contributed by atoms with Crippen LogP contribution in [0.2, 0.25) is 0 Å². The van der Waals surface area contributed by atoms with Gasteiger partial charge in [0.05, 0.1) is 6.61 Å². The maximum absolute atomic E-state index is 12.1. The fourth-order valence-electron chi connectivity index (χ4n) is 5.05. The lowest BCUT2D eigenvalue weighted by Gasteiger charge is -2.44. The van der Waals surface area contributed by atoms with Crippen molar-refractivity contribution < 1.29 is 57.1 Å². The van der Waals surface area contributed by atoms with E-state index in [2.05, 4.69) is 0 Å². The molecule has 0 bridgehead atoms. The minimum atomic E-state index is -1.32. The molecule has 0 spiro atoms. The van der Waals surface area contributed by atoms with Gasteiger partial charge in [0.2, 0.25) is 0 Å². The second-order valence-electron chi connectivity index (χ2n) is 11.0. The van der Waals surface area contributed by atoms with E-state index in [1.807, 2.05) is 78.9 Å². The van der Waals surface area contributed by atoms with Crippen LogP contribution in [0.4, 0.5) is 0 Å². The molecule has 1 aliphatic rings. The van der Waals surface area contributed by atoms with Crippen molar-refractivity contribution in [2.24, 2.45) is 0 Å². The van der Waals surface area contributed by atoms with Gasteiger partial charge in [-0.2, -0.15) is 0 Å². The minimum Gasteiger partial charge on any atom is -0.489 e. The highest BCUT2D eigenvalue weighted by atomic mass is 16.7. The highest BCUT2D eigenvalue weighted by Gasteiger charge is 2.52. The molecular formula is C36H40O12. The summed E-state index contributed by atoms with van der Waals surface area (Å²) in [7, 11) is 0. The summed E-state index contributed by atoms with van der Waals surface area (Å²) in [6, 6.07) is 25.0. The summed E-state index contributed by atoms with van der Waals surface area (Å²) in [5, 5.41) is 0. The molecule has 0 saturated carbocycles. The summed E-state index contributed by atoms with van der Waals surface area (Å²) in [5.41, 5.74) is 2.79. The van der Waals surface area contributed by atoms with Crippen LogP contribution in [-0.4, -0.2) is 67.8 Å². The van der Waals surface area contributed by atoms with Crippen molar-refractivity contribution in [3.63, 3.8) is 0 Å². The molecule has 48 heavy (non-hydrogen) atoms. The van der Waals surface area contributed by atoms with E-state index in [0.29, 0.717) is 31.1 Å². The maximum atomic E-state index is 12.1. The molecule has 0 unspecified atom stereocenters. The Morgan fingerprint density at radius 3 is 1.79 bits per heavy atom. The third-order valence-corrected chi connectivity index (χ3v) is 7.13. The number of ether oxygens (including phenoxy) is 8. The Labute approximate surface area is 279 Å². The Balaban J connectivity index is 1.54. The fraction of sp³-hybridized carbons (Fsp3) is 0.389. The molecule has 1 heterocycles. The van der Waals surface area contributed by atoms with E-state index in [4.69, 9.17) is 37.9 Å². The number of hydrogen-bond acceptors (Lipinski definition) is 12. The molecule has 12 nitrogen and oxygen atoms in total. The molecule has 1 aliphatic heterocycles. The van der Waals surface area contributed by atoms with E-state index in [0.717, 1.165) is 30.5 Å². The summed E-state index contributed by atoms with van der Waals surface area (Å²) in [6.45, 7) is 5.09. The van der Waals surface area contributed by atoms with Crippen molar-refractivity contribution in [2.75, 3.05) is 13.2 Å². The van der Waals surface area contributed by atoms with Crippen molar-refractivity contribution >= 4 is 23.9 Å². The van der Waals surface area contributed by atoms with Crippen molar-refractivity contribution in [3.8, 4) is 11.5 Å². The summed E-state index contributed by atoms with van der Waals surface area (Å²) in [4.78, 5) is 47.9. The molecule has 0 amide bonds. The molecule has 0 aromatic heterocycles. The zero-order valence-electron chi connectivity index (χ0n) is 27.3. The Morgan fingerprint density at radius 2 is 1.21 bits per heavy atom. The largest absolute Gasteiger partial charge is 0.489 e. The maximum Gasteiger partial charge on any atom is 0.303 e. The number of esters is 4. The molecule has 12 heteroatoms. The quantitative estimate of drug-likeness (QED) is 0.167. The average molecular weight is 665 g/mol. The molecule has 3 aromatic rings. The first-order valence-corrected chi connectivity index (χ1v) is 15.5. The third kappa shape index (κ3) is 11.1. The SMILES string of the molecule is CC(=O)OC[C@H]1O[C@@H](OCCc2ccc(OCc3ccccc3)cc2OCc2ccccc2)[C@H](OC(C)=O)[C@@H](OC(C)=O)[C@@H]1OC(C)=O. The van der Waals surface area contributed by atoms with Crippen LogP contribution in [0.5, 0.6) is 11.5 Å². The van der Waals surface area contributed by atoms with E-state index in [1.54, 1.807) is 0 Å². The normalized spacial score (nSPS) is 20.2. The standard InChI is InChI=1S/C36H40O12/c1-23(37)42-22-32-33(45-24(2)38)34(46-25(3)39)35(47-26(4)40)36(48-32)41-18-17-29-15-16-30(43-20-27-11-7-5-8-12-27)19-31(29)44-21-28-13-9-6-10-14-28/h5-16,19,32-36H,17-18,20-22H2,1-4H3/t32-,33-,34+,35-,36-/m1/s1. The van der Waals surface area contributed by atoms with Crippen LogP contribution in [0.1, 0.15) is 44.4 Å². The second kappa shape index (κ2) is 17.8. The first-order valence-electron chi connectivity index (χ1n) is 15.5. The van der Waals surface area contributed by atoms with Gasteiger partial charge in [0.1, 0.15) is 37.4 Å². The average Bonchev–Trinajstić information content (AvgIpc) is 3.05. The minimum absolute atomic E-state index is 0.0413. The van der Waals surface area contributed by atoms with Crippen molar-refractivity contribution in [3.05, 3.63) is 95.6 Å². The van der Waals surface area contributed by atoms with Gasteiger partial charge < -0.3 is 37.9 Å². The third-order valence-electron chi connectivity index (χ3n) is 7.13. The van der Waals surface area contributed by atoms with Crippen LogP contribution in [-0.2, 0) is 67.2 Å². The van der Waals surface area contributed by atoms with Crippen molar-refractivity contribution in [1.29, 1.82) is 0 Å². The Bertz CT molecular complexity index is 1510. The zero-order valence-corrected chi connectivity index (χ0v) is 27.3. The van der Waals surface area contributed by atoms with Gasteiger partial charge >= 0.3 is 23.9 Å². The molecule has 256 valence electrons. The van der Waals surface area contributed by atoms with Gasteiger partial charge in [0.15, 0.2) is 24.6 Å². The summed E-state index contributed by atoms with van der Waals surface area (Å²) in [5.74, 6) is -1.56. The van der Waals surface area contributed by atoms with Crippen molar-refractivity contribution in [1.82, 2.24) is 0 Å². The van der Waals surface area contributed by atoms with Gasteiger partial charge in [-0.25, -0.2) is 0 Å². The Morgan fingerprint density at radius 1 is 0.646 bits per heavy atom. The predicted molar refractivity (Wildman–Crippen MR) is 170 cm³/mol. The molecule has 0 aliphatic carbocycles. The van der Waals surface area contributed by atoms with Gasteiger partial charge in [-0.1, -0.05) is 66.7 Å². The van der Waals surface area contributed by atoms with Gasteiger partial charge in [-0.3, -0.25) is 19.2 Å². The van der Waals surface area contributed by atoms with Gasteiger partial charge in [-0.05, 0) is 29.2 Å². The predicted octanol–water partition coefficient (Wildman–Crippen LogP) is 4.49. The van der Waals surface area contributed by atoms with Crippen LogP contribution in [0.25, 0.3) is 0 Å². The highest BCUT2D eigenvalue weighted by Crippen LogP contribution is 2.31. The lowest BCUT2D eigenvalue weighted by Crippen LogP contribution is -2.63. The summed E-state index contributed by atoms with van der Waals surface area (Å²) < 4.78 is 45.9. The van der Waals surface area contributed by atoms with E-state index >= 15 is 0 Å². The number of carbonyl (C=O) groups excluding carboxylic acids is 4. The van der Waals surface area contributed by atoms with Crippen LogP contribution < -0.4 is 9.47 Å². The molecule has 1 fully saturated rings. The van der Waals surface area contributed by atoms with Gasteiger partial charge in [0, 0.05) is 33.8 Å². The first kappa shape index (κ1) is 35.9. The molecule has 0 radical (unpaired) electrons. The van der Waals surface area contributed by atoms with E-state index < -0.39 is 54.6 Å². The number of rotatable bonds is 15. The van der Waals surface area contributed by atoms with Crippen LogP contribution in [0, 0.1) is 0 Å².